The molecule has 2 saturated heterocycles. The summed E-state index contributed by atoms with van der Waals surface area (Å²) in [6.45, 7) is 10.5. The van der Waals surface area contributed by atoms with Crippen LogP contribution in [0.4, 0.5) is 0 Å². The lowest BCUT2D eigenvalue weighted by Gasteiger charge is -2.41. The van der Waals surface area contributed by atoms with Crippen LogP contribution >= 0.6 is 0 Å². The first-order valence-electron chi connectivity index (χ1n) is 11.6. The molecule has 0 aromatic carbocycles. The summed E-state index contributed by atoms with van der Waals surface area (Å²) in [6, 6.07) is 4.85. The predicted octanol–water partition coefficient (Wildman–Crippen LogP) is 4.28. The highest BCUT2D eigenvalue weighted by atomic mass is 16.3. The van der Waals surface area contributed by atoms with Crippen LogP contribution in [0.2, 0.25) is 0 Å². The van der Waals surface area contributed by atoms with Gasteiger partial charge in [0.1, 0.15) is 17.3 Å². The molecule has 31 heavy (non-hydrogen) atoms. The Labute approximate surface area is 184 Å². The summed E-state index contributed by atoms with van der Waals surface area (Å²) in [5.41, 5.74) is 3.19. The van der Waals surface area contributed by atoms with Gasteiger partial charge in [-0.25, -0.2) is 4.98 Å². The first-order valence-corrected chi connectivity index (χ1v) is 11.6. The molecule has 1 amide bonds. The Bertz CT molecular complexity index is 1010. The van der Waals surface area contributed by atoms with Crippen LogP contribution < -0.4 is 0 Å². The molecular formula is C25H34N4O2. The summed E-state index contributed by atoms with van der Waals surface area (Å²) < 4.78 is 5.89. The Kier molecular flexibility index (Phi) is 5.08. The smallest absolute Gasteiger partial charge is 0.231 e. The van der Waals surface area contributed by atoms with E-state index < -0.39 is 0 Å². The standard InChI is InChI=1S/C25H34N4O2/c1-16(2)9-11-25(24(30)28-12-10-21-22(15-28)27-18(4)26-21)13-19-6-8-23(25)29(19)14-20-7-5-17(3)31-20/h5,7,9,19,23H,6,8,10-15H2,1-4H3,(H,26,27)/t19-,23+,25+/m1/s1. The number of nitrogens with one attached hydrogen (secondary N) is 1. The zero-order valence-corrected chi connectivity index (χ0v) is 19.2. The van der Waals surface area contributed by atoms with Gasteiger partial charge in [-0.15, -0.1) is 0 Å². The summed E-state index contributed by atoms with van der Waals surface area (Å²) in [5.74, 6) is 3.23. The fourth-order valence-corrected chi connectivity index (χ4v) is 6.14. The number of hydrogen-bond acceptors (Lipinski definition) is 4. The van der Waals surface area contributed by atoms with Crippen molar-refractivity contribution in [2.45, 2.75) is 85.0 Å². The number of hydrogen-bond donors (Lipinski definition) is 1. The maximum Gasteiger partial charge on any atom is 0.231 e. The van der Waals surface area contributed by atoms with Crippen LogP contribution in [0, 0.1) is 19.3 Å². The molecule has 0 spiro atoms. The van der Waals surface area contributed by atoms with E-state index in [1.165, 1.54) is 12.0 Å². The molecule has 0 saturated carbocycles. The Morgan fingerprint density at radius 1 is 1.32 bits per heavy atom. The molecule has 2 fully saturated rings. The van der Waals surface area contributed by atoms with Gasteiger partial charge in [0.2, 0.25) is 5.91 Å². The van der Waals surface area contributed by atoms with Crippen molar-refractivity contribution >= 4 is 5.91 Å². The van der Waals surface area contributed by atoms with Crippen molar-refractivity contribution in [3.8, 4) is 0 Å². The number of carbonyl (C=O) groups excluding carboxylic acids is 1. The number of rotatable bonds is 5. The van der Waals surface area contributed by atoms with E-state index >= 15 is 0 Å². The molecule has 2 bridgehead atoms. The Hall–Kier alpha value is -2.34. The minimum atomic E-state index is -0.339. The van der Waals surface area contributed by atoms with Gasteiger partial charge in [0.15, 0.2) is 0 Å². The monoisotopic (exact) mass is 422 g/mol. The number of aryl methyl sites for hydroxylation is 2. The van der Waals surface area contributed by atoms with Crippen LogP contribution in [0.3, 0.4) is 0 Å². The summed E-state index contributed by atoms with van der Waals surface area (Å²) >= 11 is 0. The molecule has 1 N–H and O–H groups in total. The maximum atomic E-state index is 14.2. The van der Waals surface area contributed by atoms with Crippen molar-refractivity contribution in [2.75, 3.05) is 6.54 Å². The molecule has 5 heterocycles. The summed E-state index contributed by atoms with van der Waals surface area (Å²) in [7, 11) is 0. The number of imidazole rings is 1. The van der Waals surface area contributed by atoms with E-state index in [0.29, 0.717) is 18.5 Å². The second-order valence-electron chi connectivity index (χ2n) is 10.0. The number of fused-ring (bicyclic) bond motifs is 3. The van der Waals surface area contributed by atoms with Crippen LogP contribution in [0.5, 0.6) is 0 Å². The molecule has 6 nitrogen and oxygen atoms in total. The Balaban J connectivity index is 1.43. The molecule has 166 valence electrons. The van der Waals surface area contributed by atoms with Crippen LogP contribution in [0.1, 0.15) is 68.3 Å². The van der Waals surface area contributed by atoms with Crippen molar-refractivity contribution in [1.82, 2.24) is 19.8 Å². The number of nitrogens with zero attached hydrogens (tertiary/aromatic N) is 3. The Morgan fingerprint density at radius 3 is 2.90 bits per heavy atom. The van der Waals surface area contributed by atoms with E-state index in [9.17, 15) is 4.79 Å². The lowest BCUT2D eigenvalue weighted by molar-refractivity contribution is -0.145. The average molecular weight is 423 g/mol. The van der Waals surface area contributed by atoms with Gasteiger partial charge < -0.3 is 14.3 Å². The molecule has 0 unspecified atom stereocenters. The van der Waals surface area contributed by atoms with Gasteiger partial charge in [-0.1, -0.05) is 11.6 Å². The van der Waals surface area contributed by atoms with E-state index in [1.54, 1.807) is 0 Å². The number of furan rings is 1. The third kappa shape index (κ3) is 3.55. The summed E-state index contributed by atoms with van der Waals surface area (Å²) in [6.07, 6.45) is 7.17. The van der Waals surface area contributed by atoms with E-state index in [-0.39, 0.29) is 11.5 Å². The molecule has 2 aromatic rings. The first-order chi connectivity index (χ1) is 14.9. The fourth-order valence-electron chi connectivity index (χ4n) is 6.14. The predicted molar refractivity (Wildman–Crippen MR) is 119 cm³/mol. The maximum absolute atomic E-state index is 14.2. The highest BCUT2D eigenvalue weighted by Gasteiger charge is 2.60. The SMILES string of the molecule is CC(C)=CC[C@]1(C(=O)N2CCc3nc(C)[nH]c3C2)C[C@H]2CC[C@@H]1N2Cc1ccc(C)o1. The van der Waals surface area contributed by atoms with Gasteiger partial charge in [0, 0.05) is 25.0 Å². The van der Waals surface area contributed by atoms with E-state index in [1.807, 2.05) is 19.9 Å². The number of allylic oxidation sites excluding steroid dienone is 2. The van der Waals surface area contributed by atoms with Crippen molar-refractivity contribution in [2.24, 2.45) is 5.41 Å². The molecule has 3 aliphatic heterocycles. The summed E-state index contributed by atoms with van der Waals surface area (Å²) in [5, 5.41) is 0. The molecule has 6 heteroatoms. The number of amides is 1. The largest absolute Gasteiger partial charge is 0.465 e. The topological polar surface area (TPSA) is 65.4 Å². The summed E-state index contributed by atoms with van der Waals surface area (Å²) in [4.78, 5) is 26.8. The van der Waals surface area contributed by atoms with Crippen molar-refractivity contribution in [3.05, 3.63) is 52.5 Å². The number of aromatic amines is 1. The highest BCUT2D eigenvalue weighted by molar-refractivity contribution is 5.85. The second kappa shape index (κ2) is 7.66. The number of carbonyl (C=O) groups is 1. The molecule has 2 aromatic heterocycles. The minimum Gasteiger partial charge on any atom is -0.465 e. The normalized spacial score (nSPS) is 27.5. The number of H-pyrrole nitrogens is 1. The molecule has 0 radical (unpaired) electrons. The van der Waals surface area contributed by atoms with E-state index in [0.717, 1.165) is 67.5 Å². The van der Waals surface area contributed by atoms with Crippen molar-refractivity contribution in [3.63, 3.8) is 0 Å². The average Bonchev–Trinajstić information content (AvgIpc) is 3.48. The zero-order chi connectivity index (χ0) is 21.8. The fraction of sp³-hybridized carbons (Fsp3) is 0.600. The molecule has 3 aliphatic rings. The number of aromatic nitrogens is 2. The second-order valence-corrected chi connectivity index (χ2v) is 10.0. The lowest BCUT2D eigenvalue weighted by atomic mass is 9.70. The van der Waals surface area contributed by atoms with Crippen LogP contribution in [-0.2, 0) is 24.3 Å². The Morgan fingerprint density at radius 2 is 2.16 bits per heavy atom. The molecule has 3 atom stereocenters. The first kappa shape index (κ1) is 20.6. The van der Waals surface area contributed by atoms with Gasteiger partial charge in [-0.3, -0.25) is 9.69 Å². The van der Waals surface area contributed by atoms with Crippen molar-refractivity contribution in [1.29, 1.82) is 0 Å². The molecule has 5 rings (SSSR count). The third-order valence-electron chi connectivity index (χ3n) is 7.55. The minimum absolute atomic E-state index is 0.274. The molecular weight excluding hydrogens is 388 g/mol. The quantitative estimate of drug-likeness (QED) is 0.731. The highest BCUT2D eigenvalue weighted by Crippen LogP contribution is 2.54. The van der Waals surface area contributed by atoms with Crippen LogP contribution in [0.15, 0.2) is 28.2 Å². The van der Waals surface area contributed by atoms with Gasteiger partial charge in [0.05, 0.1) is 29.9 Å². The van der Waals surface area contributed by atoms with E-state index in [2.05, 4.69) is 45.8 Å². The lowest BCUT2D eigenvalue weighted by Crippen LogP contribution is -2.51. The van der Waals surface area contributed by atoms with Crippen LogP contribution in [-0.4, -0.2) is 44.3 Å². The molecule has 0 aliphatic carbocycles. The van der Waals surface area contributed by atoms with E-state index in [4.69, 9.17) is 4.42 Å². The third-order valence-corrected chi connectivity index (χ3v) is 7.55. The van der Waals surface area contributed by atoms with Crippen molar-refractivity contribution < 1.29 is 9.21 Å². The van der Waals surface area contributed by atoms with Gasteiger partial charge in [0.25, 0.3) is 0 Å². The zero-order valence-electron chi connectivity index (χ0n) is 19.2. The van der Waals surface area contributed by atoms with Crippen LogP contribution in [0.25, 0.3) is 0 Å². The van der Waals surface area contributed by atoms with Gasteiger partial charge >= 0.3 is 0 Å². The van der Waals surface area contributed by atoms with Gasteiger partial charge in [-0.2, -0.15) is 0 Å². The van der Waals surface area contributed by atoms with Gasteiger partial charge in [-0.05, 0) is 65.5 Å².